The van der Waals surface area contributed by atoms with E-state index in [9.17, 15) is 18.0 Å². The van der Waals surface area contributed by atoms with Crippen LogP contribution in [-0.2, 0) is 0 Å². The molecule has 0 spiro atoms. The molecule has 1 saturated carbocycles. The molecule has 1 N–H and O–H groups in total. The molecule has 1 aliphatic carbocycles. The molecule has 0 amide bonds. The van der Waals surface area contributed by atoms with Crippen molar-refractivity contribution in [3.05, 3.63) is 34.9 Å². The maximum absolute atomic E-state index is 12.4. The number of hydrogen-bond acceptors (Lipinski definition) is 1. The Morgan fingerprint density at radius 2 is 2.06 bits per heavy atom. The summed E-state index contributed by atoms with van der Waals surface area (Å²) in [6.45, 7) is 1.60. The summed E-state index contributed by atoms with van der Waals surface area (Å²) in [5, 5.41) is 8.81. The fraction of sp³-hybridized carbons (Fsp3) is 0.417. The van der Waals surface area contributed by atoms with Gasteiger partial charge in [0.1, 0.15) is 0 Å². The van der Waals surface area contributed by atoms with Crippen molar-refractivity contribution in [2.24, 2.45) is 5.92 Å². The molecule has 17 heavy (non-hydrogen) atoms. The van der Waals surface area contributed by atoms with Crippen LogP contribution in [0.25, 0.3) is 0 Å². The van der Waals surface area contributed by atoms with Crippen molar-refractivity contribution in [1.82, 2.24) is 0 Å². The Labute approximate surface area is 96.1 Å². The average molecular weight is 244 g/mol. The quantitative estimate of drug-likeness (QED) is 0.866. The van der Waals surface area contributed by atoms with Crippen LogP contribution < -0.4 is 0 Å². The van der Waals surface area contributed by atoms with E-state index in [0.717, 1.165) is 0 Å². The molecule has 0 radical (unpaired) electrons. The second-order valence-corrected chi connectivity index (χ2v) is 4.37. The minimum atomic E-state index is -4.15. The van der Waals surface area contributed by atoms with Crippen LogP contribution in [0.1, 0.15) is 33.8 Å². The SMILES string of the molecule is Cc1cc([C@H]2C[C@@H]2C(F)(F)F)ccc1C(=O)O. The lowest BCUT2D eigenvalue weighted by molar-refractivity contribution is -0.148. The van der Waals surface area contributed by atoms with Gasteiger partial charge in [-0.3, -0.25) is 0 Å². The minimum absolute atomic E-state index is 0.107. The standard InChI is InChI=1S/C12H11F3O2/c1-6-4-7(2-3-8(6)11(16)17)9-5-10(9)12(13,14)15/h2-4,9-10H,5H2,1H3,(H,16,17)/t9-,10+/m1/s1. The largest absolute Gasteiger partial charge is 0.478 e. The number of alkyl halides is 3. The Balaban J connectivity index is 2.21. The molecule has 0 bridgehead atoms. The fourth-order valence-corrected chi connectivity index (χ4v) is 2.08. The molecule has 0 unspecified atom stereocenters. The van der Waals surface area contributed by atoms with Crippen molar-refractivity contribution in [1.29, 1.82) is 0 Å². The van der Waals surface area contributed by atoms with Gasteiger partial charge in [-0.15, -0.1) is 0 Å². The highest BCUT2D eigenvalue weighted by Crippen LogP contribution is 2.56. The van der Waals surface area contributed by atoms with E-state index in [0.29, 0.717) is 11.1 Å². The highest BCUT2D eigenvalue weighted by atomic mass is 19.4. The van der Waals surface area contributed by atoms with Crippen LogP contribution in [0.5, 0.6) is 0 Å². The number of carbonyl (C=O) groups is 1. The van der Waals surface area contributed by atoms with E-state index in [-0.39, 0.29) is 12.0 Å². The third-order valence-corrected chi connectivity index (χ3v) is 3.12. The number of hydrogen-bond donors (Lipinski definition) is 1. The maximum atomic E-state index is 12.4. The van der Waals surface area contributed by atoms with Gasteiger partial charge in [0.05, 0.1) is 11.5 Å². The smallest absolute Gasteiger partial charge is 0.392 e. The van der Waals surface area contributed by atoms with Crippen LogP contribution in [0, 0.1) is 12.8 Å². The number of carboxylic acids is 1. The predicted molar refractivity (Wildman–Crippen MR) is 55.0 cm³/mol. The van der Waals surface area contributed by atoms with Gasteiger partial charge in [-0.2, -0.15) is 13.2 Å². The topological polar surface area (TPSA) is 37.3 Å². The van der Waals surface area contributed by atoms with Crippen molar-refractivity contribution in [3.8, 4) is 0 Å². The van der Waals surface area contributed by atoms with Crippen LogP contribution in [0.4, 0.5) is 13.2 Å². The fourth-order valence-electron chi connectivity index (χ4n) is 2.08. The normalized spacial score (nSPS) is 23.5. The monoisotopic (exact) mass is 244 g/mol. The summed E-state index contributed by atoms with van der Waals surface area (Å²) in [5.74, 6) is -2.83. The summed E-state index contributed by atoms with van der Waals surface area (Å²) in [6.07, 6.45) is -4.04. The van der Waals surface area contributed by atoms with Gasteiger partial charge in [0, 0.05) is 0 Å². The highest BCUT2D eigenvalue weighted by molar-refractivity contribution is 5.89. The summed E-state index contributed by atoms with van der Waals surface area (Å²) in [6, 6.07) is 4.39. The summed E-state index contributed by atoms with van der Waals surface area (Å²) < 4.78 is 37.2. The summed E-state index contributed by atoms with van der Waals surface area (Å²) in [7, 11) is 0. The van der Waals surface area contributed by atoms with Crippen LogP contribution in [0.2, 0.25) is 0 Å². The van der Waals surface area contributed by atoms with E-state index in [1.54, 1.807) is 13.0 Å². The molecule has 5 heteroatoms. The van der Waals surface area contributed by atoms with E-state index < -0.39 is 24.0 Å². The number of rotatable bonds is 2. The van der Waals surface area contributed by atoms with Gasteiger partial charge in [0.25, 0.3) is 0 Å². The van der Waals surface area contributed by atoms with Gasteiger partial charge in [-0.1, -0.05) is 12.1 Å². The molecule has 0 aliphatic heterocycles. The Hall–Kier alpha value is -1.52. The van der Waals surface area contributed by atoms with Crippen LogP contribution in [0.15, 0.2) is 18.2 Å². The minimum Gasteiger partial charge on any atom is -0.478 e. The summed E-state index contributed by atoms with van der Waals surface area (Å²) >= 11 is 0. The molecule has 1 aromatic carbocycles. The van der Waals surface area contributed by atoms with E-state index in [1.165, 1.54) is 12.1 Å². The second kappa shape index (κ2) is 3.75. The van der Waals surface area contributed by atoms with Crippen LogP contribution in [-0.4, -0.2) is 17.3 Å². The first-order valence-corrected chi connectivity index (χ1v) is 5.21. The van der Waals surface area contributed by atoms with Gasteiger partial charge >= 0.3 is 12.1 Å². The first kappa shape index (κ1) is 12.0. The molecule has 2 nitrogen and oxygen atoms in total. The zero-order valence-corrected chi connectivity index (χ0v) is 9.08. The van der Waals surface area contributed by atoms with Crippen molar-refractivity contribution < 1.29 is 23.1 Å². The molecule has 2 rings (SSSR count). The van der Waals surface area contributed by atoms with Gasteiger partial charge in [-0.25, -0.2) is 4.79 Å². The van der Waals surface area contributed by atoms with Gasteiger partial charge in [0.2, 0.25) is 0 Å². The first-order valence-electron chi connectivity index (χ1n) is 5.21. The zero-order chi connectivity index (χ0) is 12.8. The van der Waals surface area contributed by atoms with E-state index in [2.05, 4.69) is 0 Å². The second-order valence-electron chi connectivity index (χ2n) is 4.37. The molecule has 1 aromatic rings. The van der Waals surface area contributed by atoms with Crippen LogP contribution >= 0.6 is 0 Å². The Kier molecular flexibility index (Phi) is 2.64. The van der Waals surface area contributed by atoms with Crippen molar-refractivity contribution in [3.63, 3.8) is 0 Å². The molecular formula is C12H11F3O2. The average Bonchev–Trinajstić information content (AvgIpc) is 2.95. The zero-order valence-electron chi connectivity index (χ0n) is 9.08. The number of benzene rings is 1. The molecule has 0 heterocycles. The van der Waals surface area contributed by atoms with E-state index in [4.69, 9.17) is 5.11 Å². The lowest BCUT2D eigenvalue weighted by atomic mass is 10.0. The number of carboxylic acid groups (broad SMARTS) is 1. The number of aromatic carboxylic acids is 1. The van der Waals surface area contributed by atoms with Crippen molar-refractivity contribution in [2.75, 3.05) is 0 Å². The molecule has 0 saturated heterocycles. The van der Waals surface area contributed by atoms with Crippen LogP contribution in [0.3, 0.4) is 0 Å². The van der Waals surface area contributed by atoms with Crippen molar-refractivity contribution in [2.45, 2.75) is 25.4 Å². The van der Waals surface area contributed by atoms with Gasteiger partial charge in [-0.05, 0) is 36.5 Å². The molecule has 1 aliphatic rings. The third-order valence-electron chi connectivity index (χ3n) is 3.12. The van der Waals surface area contributed by atoms with E-state index in [1.807, 2.05) is 0 Å². The predicted octanol–water partition coefficient (Wildman–Crippen LogP) is 3.36. The highest BCUT2D eigenvalue weighted by Gasteiger charge is 2.56. The Morgan fingerprint density at radius 3 is 2.47 bits per heavy atom. The Morgan fingerprint density at radius 1 is 1.41 bits per heavy atom. The van der Waals surface area contributed by atoms with Gasteiger partial charge < -0.3 is 5.11 Å². The molecule has 0 aromatic heterocycles. The lowest BCUT2D eigenvalue weighted by Gasteiger charge is -2.07. The maximum Gasteiger partial charge on any atom is 0.392 e. The number of aryl methyl sites for hydroxylation is 1. The number of halogens is 3. The summed E-state index contributed by atoms with van der Waals surface area (Å²) in [4.78, 5) is 10.8. The molecule has 2 atom stereocenters. The van der Waals surface area contributed by atoms with Gasteiger partial charge in [0.15, 0.2) is 0 Å². The summed E-state index contributed by atoms with van der Waals surface area (Å²) in [5.41, 5.74) is 1.22. The first-order chi connectivity index (χ1) is 7.80. The molecular weight excluding hydrogens is 233 g/mol. The lowest BCUT2D eigenvalue weighted by Crippen LogP contribution is -2.11. The molecule has 1 fully saturated rings. The van der Waals surface area contributed by atoms with Crippen molar-refractivity contribution >= 4 is 5.97 Å². The molecule has 92 valence electrons. The Bertz CT molecular complexity index is 465. The van der Waals surface area contributed by atoms with E-state index >= 15 is 0 Å². The third kappa shape index (κ3) is 2.28.